The van der Waals surface area contributed by atoms with Crippen molar-refractivity contribution in [1.29, 1.82) is 0 Å². The molecule has 0 spiro atoms. The highest BCUT2D eigenvalue weighted by molar-refractivity contribution is 14.0. The van der Waals surface area contributed by atoms with Gasteiger partial charge in [0.15, 0.2) is 11.8 Å². The molecule has 2 aromatic heterocycles. The van der Waals surface area contributed by atoms with Crippen molar-refractivity contribution in [3.8, 4) is 11.6 Å². The van der Waals surface area contributed by atoms with Crippen LogP contribution in [0.25, 0.3) is 11.6 Å². The maximum atomic E-state index is 5.24. The van der Waals surface area contributed by atoms with Crippen molar-refractivity contribution in [2.75, 3.05) is 13.6 Å². The van der Waals surface area contributed by atoms with Crippen molar-refractivity contribution in [2.45, 2.75) is 13.0 Å². The summed E-state index contributed by atoms with van der Waals surface area (Å²) >= 11 is 0. The van der Waals surface area contributed by atoms with E-state index in [1.165, 1.54) is 5.56 Å². The van der Waals surface area contributed by atoms with Crippen LogP contribution in [-0.4, -0.2) is 34.7 Å². The molecule has 0 fully saturated rings. The molecule has 0 aliphatic heterocycles. The summed E-state index contributed by atoms with van der Waals surface area (Å²) in [6.45, 7) is 1.36. The third-order valence-corrected chi connectivity index (χ3v) is 3.52. The number of benzene rings is 1. The van der Waals surface area contributed by atoms with Gasteiger partial charge in [0.2, 0.25) is 0 Å². The topological polar surface area (TPSA) is 88.2 Å². The summed E-state index contributed by atoms with van der Waals surface area (Å²) in [6.07, 6.45) is 2.32. The first-order valence-electron chi connectivity index (χ1n) is 8.07. The van der Waals surface area contributed by atoms with E-state index in [-0.39, 0.29) is 24.0 Å². The lowest BCUT2D eigenvalue weighted by Crippen LogP contribution is -2.37. The molecule has 1 aromatic carbocycles. The molecular formula is C18H21IN6O. The van der Waals surface area contributed by atoms with E-state index in [1.54, 1.807) is 13.2 Å². The average molecular weight is 464 g/mol. The highest BCUT2D eigenvalue weighted by Gasteiger charge is 2.09. The predicted octanol–water partition coefficient (Wildman–Crippen LogP) is 2.66. The van der Waals surface area contributed by atoms with Crippen LogP contribution in [0, 0.1) is 0 Å². The summed E-state index contributed by atoms with van der Waals surface area (Å²) in [5, 5.41) is 10.5. The molecule has 0 atom stereocenters. The molecule has 8 heteroatoms. The molecule has 3 aromatic rings. The second-order valence-electron chi connectivity index (χ2n) is 5.32. The number of aliphatic imine (C=N–C) groups is 1. The molecule has 7 nitrogen and oxygen atoms in total. The second kappa shape index (κ2) is 10.5. The number of nitrogens with zero attached hydrogens (tertiary/aromatic N) is 4. The molecule has 0 saturated heterocycles. The number of halogens is 1. The van der Waals surface area contributed by atoms with Gasteiger partial charge in [-0.3, -0.25) is 9.98 Å². The molecule has 0 unspecified atom stereocenters. The van der Waals surface area contributed by atoms with Crippen LogP contribution in [0.3, 0.4) is 0 Å². The van der Waals surface area contributed by atoms with Gasteiger partial charge in [0.1, 0.15) is 5.69 Å². The molecule has 0 bridgehead atoms. The van der Waals surface area contributed by atoms with Crippen LogP contribution in [0.2, 0.25) is 0 Å². The minimum absolute atomic E-state index is 0. The van der Waals surface area contributed by atoms with E-state index in [9.17, 15) is 0 Å². The number of hydrogen-bond acceptors (Lipinski definition) is 5. The van der Waals surface area contributed by atoms with Gasteiger partial charge < -0.3 is 15.2 Å². The number of nitrogens with one attached hydrogen (secondary N) is 2. The number of aromatic nitrogens is 3. The van der Waals surface area contributed by atoms with Gasteiger partial charge in [-0.25, -0.2) is 0 Å². The second-order valence-corrected chi connectivity index (χ2v) is 5.32. The molecule has 0 saturated carbocycles. The zero-order valence-corrected chi connectivity index (χ0v) is 16.8. The predicted molar refractivity (Wildman–Crippen MR) is 111 cm³/mol. The third-order valence-electron chi connectivity index (χ3n) is 3.52. The SMILES string of the molecule is CN=C(NCCc1noc(-c2ccccn2)n1)NCc1ccccc1.I. The standard InChI is InChI=1S/C18H20N6O.HI/c1-19-18(22-13-14-7-3-2-4-8-14)21-12-10-16-23-17(25-24-16)15-9-5-6-11-20-15;/h2-9,11H,10,12-13H2,1H3,(H2,19,21,22);1H. The Morgan fingerprint density at radius 2 is 1.88 bits per heavy atom. The summed E-state index contributed by atoms with van der Waals surface area (Å²) in [6, 6.07) is 15.7. The van der Waals surface area contributed by atoms with Crippen LogP contribution < -0.4 is 10.6 Å². The average Bonchev–Trinajstić information content (AvgIpc) is 3.15. The lowest BCUT2D eigenvalue weighted by Gasteiger charge is -2.11. The summed E-state index contributed by atoms with van der Waals surface area (Å²) < 4.78 is 5.24. The van der Waals surface area contributed by atoms with E-state index in [4.69, 9.17) is 4.52 Å². The molecule has 0 aliphatic rings. The summed E-state index contributed by atoms with van der Waals surface area (Å²) in [5.41, 5.74) is 1.87. The van der Waals surface area contributed by atoms with Crippen LogP contribution >= 0.6 is 24.0 Å². The first-order chi connectivity index (χ1) is 12.3. The van der Waals surface area contributed by atoms with Crippen molar-refractivity contribution in [2.24, 2.45) is 4.99 Å². The Hall–Kier alpha value is -2.49. The Kier molecular flexibility index (Phi) is 8.00. The van der Waals surface area contributed by atoms with E-state index < -0.39 is 0 Å². The highest BCUT2D eigenvalue weighted by Crippen LogP contribution is 2.13. The molecule has 0 amide bonds. The van der Waals surface area contributed by atoms with E-state index >= 15 is 0 Å². The third kappa shape index (κ3) is 5.80. The van der Waals surface area contributed by atoms with Gasteiger partial charge in [-0.15, -0.1) is 24.0 Å². The molecule has 26 heavy (non-hydrogen) atoms. The zero-order chi connectivity index (χ0) is 17.3. The number of guanidine groups is 1. The first-order valence-corrected chi connectivity index (χ1v) is 8.07. The Morgan fingerprint density at radius 1 is 1.08 bits per heavy atom. The number of hydrogen-bond donors (Lipinski definition) is 2. The normalized spacial score (nSPS) is 10.9. The monoisotopic (exact) mass is 464 g/mol. The zero-order valence-electron chi connectivity index (χ0n) is 14.4. The molecule has 2 N–H and O–H groups in total. The lowest BCUT2D eigenvalue weighted by molar-refractivity contribution is 0.421. The highest BCUT2D eigenvalue weighted by atomic mass is 127. The molecular weight excluding hydrogens is 443 g/mol. The van der Waals surface area contributed by atoms with Gasteiger partial charge in [-0.1, -0.05) is 41.6 Å². The van der Waals surface area contributed by atoms with E-state index in [2.05, 4.69) is 42.9 Å². The smallest absolute Gasteiger partial charge is 0.276 e. The lowest BCUT2D eigenvalue weighted by atomic mass is 10.2. The quantitative estimate of drug-likeness (QED) is 0.332. The van der Waals surface area contributed by atoms with E-state index in [0.29, 0.717) is 36.9 Å². The molecule has 2 heterocycles. The van der Waals surface area contributed by atoms with Crippen molar-refractivity contribution in [3.05, 3.63) is 66.1 Å². The van der Waals surface area contributed by atoms with Crippen LogP contribution in [0.4, 0.5) is 0 Å². The van der Waals surface area contributed by atoms with Crippen LogP contribution in [0.5, 0.6) is 0 Å². The van der Waals surface area contributed by atoms with Crippen molar-refractivity contribution < 1.29 is 4.52 Å². The largest absolute Gasteiger partial charge is 0.356 e. The fourth-order valence-corrected chi connectivity index (χ4v) is 2.24. The van der Waals surface area contributed by atoms with Crippen molar-refractivity contribution in [3.63, 3.8) is 0 Å². The fraction of sp³-hybridized carbons (Fsp3) is 0.222. The Balaban J connectivity index is 0.00000243. The van der Waals surface area contributed by atoms with Crippen LogP contribution in [0.15, 0.2) is 64.2 Å². The summed E-state index contributed by atoms with van der Waals surface area (Å²) in [7, 11) is 1.74. The van der Waals surface area contributed by atoms with Crippen molar-refractivity contribution >= 4 is 29.9 Å². The first kappa shape index (κ1) is 19.8. The van der Waals surface area contributed by atoms with Gasteiger partial charge in [0, 0.05) is 32.8 Å². The van der Waals surface area contributed by atoms with E-state index in [0.717, 1.165) is 5.96 Å². The number of rotatable bonds is 6. The minimum atomic E-state index is 0. The van der Waals surface area contributed by atoms with Gasteiger partial charge in [0.05, 0.1) is 0 Å². The van der Waals surface area contributed by atoms with Crippen LogP contribution in [0.1, 0.15) is 11.4 Å². The minimum Gasteiger partial charge on any atom is -0.356 e. The van der Waals surface area contributed by atoms with Gasteiger partial charge in [-0.05, 0) is 17.7 Å². The van der Waals surface area contributed by atoms with Gasteiger partial charge >= 0.3 is 0 Å². The van der Waals surface area contributed by atoms with Gasteiger partial charge in [-0.2, -0.15) is 4.98 Å². The maximum absolute atomic E-state index is 5.24. The molecule has 0 aliphatic carbocycles. The Morgan fingerprint density at radius 3 is 2.62 bits per heavy atom. The summed E-state index contributed by atoms with van der Waals surface area (Å²) in [5.74, 6) is 1.80. The summed E-state index contributed by atoms with van der Waals surface area (Å²) in [4.78, 5) is 12.8. The van der Waals surface area contributed by atoms with Crippen molar-refractivity contribution in [1.82, 2.24) is 25.8 Å². The Labute approximate surface area is 169 Å². The van der Waals surface area contributed by atoms with Gasteiger partial charge in [0.25, 0.3) is 5.89 Å². The van der Waals surface area contributed by atoms with E-state index in [1.807, 2.05) is 36.4 Å². The fourth-order valence-electron chi connectivity index (χ4n) is 2.24. The molecule has 3 rings (SSSR count). The number of pyridine rings is 1. The maximum Gasteiger partial charge on any atom is 0.276 e. The van der Waals surface area contributed by atoms with Crippen LogP contribution in [-0.2, 0) is 13.0 Å². The Bertz CT molecular complexity index is 807. The molecule has 136 valence electrons. The molecule has 0 radical (unpaired) electrons.